The standard InChI is InChI=1S/C23H34N4O2S/c1-6-13-26(23(29)24-19-9-11-21(30-5)12-10-19)17-22(28)27(15-18(2)3)16-20-8-7-14-25(20)4/h7-12,14,18H,6,13,15-17H2,1-5H3,(H,24,29). The Kier molecular flexibility index (Phi) is 9.30. The lowest BCUT2D eigenvalue weighted by Crippen LogP contribution is -2.45. The summed E-state index contributed by atoms with van der Waals surface area (Å²) in [6.45, 7) is 7.99. The van der Waals surface area contributed by atoms with Crippen LogP contribution >= 0.6 is 11.8 Å². The van der Waals surface area contributed by atoms with Crippen LogP contribution in [0.15, 0.2) is 47.5 Å². The Labute approximate surface area is 184 Å². The summed E-state index contributed by atoms with van der Waals surface area (Å²) in [5.41, 5.74) is 1.80. The smallest absolute Gasteiger partial charge is 0.322 e. The predicted molar refractivity (Wildman–Crippen MR) is 125 cm³/mol. The first kappa shape index (κ1) is 23.9. The molecule has 0 spiro atoms. The number of aromatic nitrogens is 1. The molecule has 0 aliphatic carbocycles. The fourth-order valence-electron chi connectivity index (χ4n) is 3.21. The molecule has 2 aromatic rings. The fraction of sp³-hybridized carbons (Fsp3) is 0.478. The van der Waals surface area contributed by atoms with Crippen LogP contribution in [-0.2, 0) is 18.4 Å². The molecule has 0 unspecified atom stereocenters. The van der Waals surface area contributed by atoms with Gasteiger partial charge in [-0.1, -0.05) is 20.8 Å². The first-order valence-corrected chi connectivity index (χ1v) is 11.6. The van der Waals surface area contributed by atoms with Gasteiger partial charge in [0, 0.05) is 42.6 Å². The normalized spacial score (nSPS) is 10.9. The van der Waals surface area contributed by atoms with Crippen molar-refractivity contribution in [1.29, 1.82) is 0 Å². The SMILES string of the molecule is CCCN(CC(=O)N(Cc1cccn1C)CC(C)C)C(=O)Nc1ccc(SC)cc1. The van der Waals surface area contributed by atoms with E-state index in [1.165, 1.54) is 0 Å². The summed E-state index contributed by atoms with van der Waals surface area (Å²) in [6.07, 6.45) is 4.78. The highest BCUT2D eigenvalue weighted by Gasteiger charge is 2.22. The van der Waals surface area contributed by atoms with Crippen molar-refractivity contribution in [1.82, 2.24) is 14.4 Å². The molecule has 0 radical (unpaired) electrons. The molecule has 0 saturated carbocycles. The Hall–Kier alpha value is -2.41. The topological polar surface area (TPSA) is 57.6 Å². The number of hydrogen-bond donors (Lipinski definition) is 1. The highest BCUT2D eigenvalue weighted by molar-refractivity contribution is 7.98. The third kappa shape index (κ3) is 7.13. The molecule has 0 atom stereocenters. The summed E-state index contributed by atoms with van der Waals surface area (Å²) < 4.78 is 2.02. The number of rotatable bonds is 10. The molecule has 0 fully saturated rings. The van der Waals surface area contributed by atoms with Crippen molar-refractivity contribution in [2.45, 2.75) is 38.6 Å². The van der Waals surface area contributed by atoms with E-state index in [2.05, 4.69) is 19.2 Å². The number of urea groups is 1. The monoisotopic (exact) mass is 430 g/mol. The minimum absolute atomic E-state index is 0.0359. The molecule has 0 aliphatic heterocycles. The second kappa shape index (κ2) is 11.7. The molecule has 30 heavy (non-hydrogen) atoms. The number of carbonyl (C=O) groups excluding carboxylic acids is 2. The van der Waals surface area contributed by atoms with Crippen molar-refractivity contribution < 1.29 is 9.59 Å². The molecule has 0 saturated heterocycles. The van der Waals surface area contributed by atoms with E-state index in [1.54, 1.807) is 16.7 Å². The Morgan fingerprint density at radius 2 is 1.83 bits per heavy atom. The van der Waals surface area contributed by atoms with Gasteiger partial charge in [0.05, 0.1) is 6.54 Å². The average molecular weight is 431 g/mol. The first-order chi connectivity index (χ1) is 14.3. The fourth-order valence-corrected chi connectivity index (χ4v) is 3.62. The molecule has 1 aromatic carbocycles. The van der Waals surface area contributed by atoms with Gasteiger partial charge in [0.25, 0.3) is 0 Å². The predicted octanol–water partition coefficient (Wildman–Crippen LogP) is 4.68. The minimum atomic E-state index is -0.245. The van der Waals surface area contributed by atoms with Gasteiger partial charge in [-0.2, -0.15) is 0 Å². The Morgan fingerprint density at radius 1 is 1.13 bits per heavy atom. The summed E-state index contributed by atoms with van der Waals surface area (Å²) >= 11 is 1.65. The van der Waals surface area contributed by atoms with Crippen molar-refractivity contribution in [2.24, 2.45) is 13.0 Å². The van der Waals surface area contributed by atoms with E-state index in [-0.39, 0.29) is 18.5 Å². The lowest BCUT2D eigenvalue weighted by Gasteiger charge is -2.29. The summed E-state index contributed by atoms with van der Waals surface area (Å²) in [7, 11) is 1.98. The maximum absolute atomic E-state index is 13.1. The molecular weight excluding hydrogens is 396 g/mol. The minimum Gasteiger partial charge on any atom is -0.353 e. The first-order valence-electron chi connectivity index (χ1n) is 10.4. The van der Waals surface area contributed by atoms with Gasteiger partial charge in [0.15, 0.2) is 0 Å². The van der Waals surface area contributed by atoms with Crippen molar-refractivity contribution in [3.63, 3.8) is 0 Å². The summed E-state index contributed by atoms with van der Waals surface area (Å²) in [6, 6.07) is 11.5. The lowest BCUT2D eigenvalue weighted by atomic mass is 10.2. The number of nitrogens with zero attached hydrogens (tertiary/aromatic N) is 3. The molecule has 7 heteroatoms. The largest absolute Gasteiger partial charge is 0.353 e. The molecule has 6 nitrogen and oxygen atoms in total. The van der Waals surface area contributed by atoms with Crippen LogP contribution in [0.1, 0.15) is 32.9 Å². The van der Waals surface area contributed by atoms with E-state index >= 15 is 0 Å². The summed E-state index contributed by atoms with van der Waals surface area (Å²) in [5.74, 6) is 0.309. The second-order valence-corrected chi connectivity index (χ2v) is 8.74. The number of benzene rings is 1. The molecule has 0 aliphatic rings. The zero-order valence-corrected chi connectivity index (χ0v) is 19.5. The van der Waals surface area contributed by atoms with Gasteiger partial charge >= 0.3 is 6.03 Å². The van der Waals surface area contributed by atoms with Gasteiger partial charge in [-0.3, -0.25) is 4.79 Å². The van der Waals surface area contributed by atoms with Crippen LogP contribution in [0.3, 0.4) is 0 Å². The van der Waals surface area contributed by atoms with E-state index in [4.69, 9.17) is 0 Å². The Morgan fingerprint density at radius 3 is 2.37 bits per heavy atom. The molecule has 0 bridgehead atoms. The lowest BCUT2D eigenvalue weighted by molar-refractivity contribution is -0.133. The molecule has 3 amide bonds. The third-order valence-corrected chi connectivity index (χ3v) is 5.53. The van der Waals surface area contributed by atoms with Crippen LogP contribution in [-0.4, -0.2) is 52.2 Å². The number of hydrogen-bond acceptors (Lipinski definition) is 3. The van der Waals surface area contributed by atoms with Crippen LogP contribution in [0.5, 0.6) is 0 Å². The highest BCUT2D eigenvalue weighted by Crippen LogP contribution is 2.18. The number of nitrogens with one attached hydrogen (secondary N) is 1. The van der Waals surface area contributed by atoms with E-state index in [0.29, 0.717) is 25.6 Å². The average Bonchev–Trinajstić information content (AvgIpc) is 3.11. The summed E-state index contributed by atoms with van der Waals surface area (Å²) in [4.78, 5) is 30.6. The number of carbonyl (C=O) groups is 2. The Bertz CT molecular complexity index is 817. The zero-order chi connectivity index (χ0) is 22.1. The van der Waals surface area contributed by atoms with Crippen LogP contribution in [0.2, 0.25) is 0 Å². The second-order valence-electron chi connectivity index (χ2n) is 7.86. The number of amides is 3. The highest BCUT2D eigenvalue weighted by atomic mass is 32.2. The quantitative estimate of drug-likeness (QED) is 0.557. The molecule has 1 N–H and O–H groups in total. The van der Waals surface area contributed by atoms with E-state index in [1.807, 2.05) is 72.3 Å². The molecule has 1 aromatic heterocycles. The number of thioether (sulfide) groups is 1. The maximum Gasteiger partial charge on any atom is 0.322 e. The van der Waals surface area contributed by atoms with Crippen molar-refractivity contribution in [2.75, 3.05) is 31.2 Å². The van der Waals surface area contributed by atoms with E-state index in [9.17, 15) is 9.59 Å². The Balaban J connectivity index is 2.07. The summed E-state index contributed by atoms with van der Waals surface area (Å²) in [5, 5.41) is 2.92. The van der Waals surface area contributed by atoms with Crippen LogP contribution in [0, 0.1) is 5.92 Å². The van der Waals surface area contributed by atoms with Gasteiger partial charge in [0.2, 0.25) is 5.91 Å². The number of anilines is 1. The number of aryl methyl sites for hydroxylation is 1. The van der Waals surface area contributed by atoms with Crippen LogP contribution in [0.25, 0.3) is 0 Å². The molecular formula is C23H34N4O2S. The van der Waals surface area contributed by atoms with E-state index < -0.39 is 0 Å². The van der Waals surface area contributed by atoms with Crippen LogP contribution < -0.4 is 5.32 Å². The van der Waals surface area contributed by atoms with Gasteiger partial charge in [-0.05, 0) is 55.0 Å². The maximum atomic E-state index is 13.1. The molecule has 1 heterocycles. The van der Waals surface area contributed by atoms with Crippen molar-refractivity contribution >= 4 is 29.4 Å². The molecule has 2 rings (SSSR count). The van der Waals surface area contributed by atoms with Gasteiger partial charge in [-0.25, -0.2) is 4.79 Å². The van der Waals surface area contributed by atoms with E-state index in [0.717, 1.165) is 22.7 Å². The van der Waals surface area contributed by atoms with Gasteiger partial charge in [-0.15, -0.1) is 11.8 Å². The van der Waals surface area contributed by atoms with Gasteiger partial charge < -0.3 is 19.7 Å². The van der Waals surface area contributed by atoms with Crippen LogP contribution in [0.4, 0.5) is 10.5 Å². The van der Waals surface area contributed by atoms with Gasteiger partial charge in [0.1, 0.15) is 6.54 Å². The van der Waals surface area contributed by atoms with Crippen molar-refractivity contribution in [3.8, 4) is 0 Å². The molecule has 164 valence electrons. The zero-order valence-electron chi connectivity index (χ0n) is 18.7. The van der Waals surface area contributed by atoms with Crippen molar-refractivity contribution in [3.05, 3.63) is 48.3 Å². The third-order valence-electron chi connectivity index (χ3n) is 4.79.